The third-order valence-electron chi connectivity index (χ3n) is 4.70. The topological polar surface area (TPSA) is 76.6 Å². The van der Waals surface area contributed by atoms with Crippen LogP contribution in [0.2, 0.25) is 0 Å². The zero-order valence-corrected chi connectivity index (χ0v) is 17.6. The summed E-state index contributed by atoms with van der Waals surface area (Å²) in [5.41, 5.74) is 0.602. The third kappa shape index (κ3) is 4.74. The number of aromatic nitrogens is 1. The second-order valence-electron chi connectivity index (χ2n) is 6.65. The maximum absolute atomic E-state index is 12.7. The summed E-state index contributed by atoms with van der Waals surface area (Å²) >= 11 is 1.31. The molecule has 0 bridgehead atoms. The van der Waals surface area contributed by atoms with Crippen molar-refractivity contribution in [3.8, 4) is 5.75 Å². The lowest BCUT2D eigenvalue weighted by Gasteiger charge is -2.25. The summed E-state index contributed by atoms with van der Waals surface area (Å²) in [6.45, 7) is 2.94. The molecule has 0 spiro atoms. The van der Waals surface area contributed by atoms with E-state index in [4.69, 9.17) is 4.74 Å². The molecule has 1 aliphatic rings. The molecule has 2 heterocycles. The number of Topliss-reactive ketones (excluding diaryl/α,β-unsaturated/α-hetero) is 1. The molecule has 6 nitrogen and oxygen atoms in total. The molecule has 8 heteroatoms. The summed E-state index contributed by atoms with van der Waals surface area (Å²) in [5.74, 6) is 0.684. The quantitative estimate of drug-likeness (QED) is 0.503. The zero-order valence-electron chi connectivity index (χ0n) is 16.0. The van der Waals surface area contributed by atoms with E-state index >= 15 is 0 Å². The Balaban J connectivity index is 1.66. The Morgan fingerprint density at radius 1 is 1.11 bits per heavy atom. The molecule has 0 N–H and O–H groups in total. The largest absolute Gasteiger partial charge is 0.497 e. The predicted octanol–water partition coefficient (Wildman–Crippen LogP) is 3.63. The summed E-state index contributed by atoms with van der Waals surface area (Å²) in [4.78, 5) is 17.1. The smallest absolute Gasteiger partial charge is 0.244 e. The number of ketones is 1. The summed E-state index contributed by atoms with van der Waals surface area (Å²) in [5, 5.41) is 0.275. The van der Waals surface area contributed by atoms with Crippen LogP contribution in [0.1, 0.15) is 36.5 Å². The van der Waals surface area contributed by atoms with Gasteiger partial charge < -0.3 is 4.74 Å². The molecule has 0 radical (unpaired) electrons. The van der Waals surface area contributed by atoms with Crippen LogP contribution >= 0.6 is 11.8 Å². The van der Waals surface area contributed by atoms with Crippen molar-refractivity contribution in [3.63, 3.8) is 0 Å². The van der Waals surface area contributed by atoms with E-state index in [1.54, 1.807) is 43.5 Å². The second kappa shape index (κ2) is 9.07. The standard InChI is InChI=1S/C20H24N2O4S2/c1-15(20(23)16-6-8-17(26-2)9-7-16)27-19-11-10-18(14-21-19)28(24,25)22-12-4-3-5-13-22/h6-11,14-15H,3-5,12-13H2,1-2H3/t15-/m1/s1. The summed E-state index contributed by atoms with van der Waals surface area (Å²) in [6, 6.07) is 10.2. The first-order valence-corrected chi connectivity index (χ1v) is 11.5. The van der Waals surface area contributed by atoms with Gasteiger partial charge in [-0.1, -0.05) is 18.2 Å². The number of carbonyl (C=O) groups is 1. The van der Waals surface area contributed by atoms with E-state index in [0.29, 0.717) is 29.4 Å². The average molecular weight is 421 g/mol. The molecule has 0 aliphatic carbocycles. The SMILES string of the molecule is COc1ccc(C(=O)[C@@H](C)Sc2ccc(S(=O)(=O)N3CCCCC3)cn2)cc1. The van der Waals surface area contributed by atoms with Crippen LogP contribution in [0, 0.1) is 0 Å². The van der Waals surface area contributed by atoms with Crippen LogP contribution in [0.25, 0.3) is 0 Å². The van der Waals surface area contributed by atoms with Crippen LogP contribution in [0.3, 0.4) is 0 Å². The molecule has 1 aromatic carbocycles. The van der Waals surface area contributed by atoms with Gasteiger partial charge in [-0.2, -0.15) is 4.31 Å². The van der Waals surface area contributed by atoms with Gasteiger partial charge in [0.1, 0.15) is 10.6 Å². The van der Waals surface area contributed by atoms with E-state index in [9.17, 15) is 13.2 Å². The minimum atomic E-state index is -3.49. The summed E-state index contributed by atoms with van der Waals surface area (Å²) < 4.78 is 32.0. The van der Waals surface area contributed by atoms with Crippen molar-refractivity contribution in [2.45, 2.75) is 41.4 Å². The van der Waals surface area contributed by atoms with Crippen molar-refractivity contribution in [3.05, 3.63) is 48.2 Å². The number of rotatable bonds is 7. The Hall–Kier alpha value is -1.90. The number of hydrogen-bond donors (Lipinski definition) is 0. The number of piperidine rings is 1. The molecule has 0 amide bonds. The van der Waals surface area contributed by atoms with E-state index in [2.05, 4.69) is 4.98 Å². The fourth-order valence-corrected chi connectivity index (χ4v) is 5.40. The molecule has 0 unspecified atom stereocenters. The minimum Gasteiger partial charge on any atom is -0.497 e. The van der Waals surface area contributed by atoms with Crippen LogP contribution in [-0.2, 0) is 10.0 Å². The molecule has 1 fully saturated rings. The Morgan fingerprint density at radius 2 is 1.79 bits per heavy atom. The van der Waals surface area contributed by atoms with Crippen LogP contribution in [0.15, 0.2) is 52.5 Å². The van der Waals surface area contributed by atoms with E-state index in [-0.39, 0.29) is 15.9 Å². The average Bonchev–Trinajstić information content (AvgIpc) is 2.74. The minimum absolute atomic E-state index is 0.0144. The number of methoxy groups -OCH3 is 1. The lowest BCUT2D eigenvalue weighted by atomic mass is 10.1. The Labute approximate surface area is 170 Å². The number of nitrogens with zero attached hydrogens (tertiary/aromatic N) is 2. The van der Waals surface area contributed by atoms with Gasteiger partial charge in [0.05, 0.1) is 17.4 Å². The predicted molar refractivity (Wildman–Crippen MR) is 109 cm³/mol. The lowest BCUT2D eigenvalue weighted by Crippen LogP contribution is -2.35. The van der Waals surface area contributed by atoms with E-state index in [1.165, 1.54) is 22.3 Å². The number of carbonyl (C=O) groups excluding carboxylic acids is 1. The van der Waals surface area contributed by atoms with Gasteiger partial charge >= 0.3 is 0 Å². The number of pyridine rings is 1. The molecular weight excluding hydrogens is 396 g/mol. The van der Waals surface area contributed by atoms with Gasteiger partial charge in [-0.05, 0) is 56.2 Å². The van der Waals surface area contributed by atoms with Crippen LogP contribution in [0.5, 0.6) is 5.75 Å². The lowest BCUT2D eigenvalue weighted by molar-refractivity contribution is 0.0994. The first kappa shape index (κ1) is 20.8. The van der Waals surface area contributed by atoms with Crippen molar-refractivity contribution in [1.29, 1.82) is 0 Å². The highest BCUT2D eigenvalue weighted by atomic mass is 32.2. The van der Waals surface area contributed by atoms with Crippen molar-refractivity contribution < 1.29 is 17.9 Å². The third-order valence-corrected chi connectivity index (χ3v) is 7.64. The number of sulfonamides is 1. The number of ether oxygens (including phenoxy) is 1. The van der Waals surface area contributed by atoms with Crippen molar-refractivity contribution in [1.82, 2.24) is 9.29 Å². The second-order valence-corrected chi connectivity index (χ2v) is 9.95. The molecule has 3 rings (SSSR count). The Bertz CT molecular complexity index is 906. The molecule has 150 valence electrons. The first-order chi connectivity index (χ1) is 13.4. The first-order valence-electron chi connectivity index (χ1n) is 9.23. The molecule has 1 saturated heterocycles. The fraction of sp³-hybridized carbons (Fsp3) is 0.400. The molecule has 1 aromatic heterocycles. The van der Waals surface area contributed by atoms with Gasteiger partial charge in [-0.25, -0.2) is 13.4 Å². The van der Waals surface area contributed by atoms with Crippen molar-refractivity contribution in [2.24, 2.45) is 0 Å². The van der Waals surface area contributed by atoms with Crippen molar-refractivity contribution in [2.75, 3.05) is 20.2 Å². The summed E-state index contributed by atoms with van der Waals surface area (Å²) in [7, 11) is -1.91. The number of thioether (sulfide) groups is 1. The molecule has 2 aromatic rings. The highest BCUT2D eigenvalue weighted by Crippen LogP contribution is 2.26. The van der Waals surface area contributed by atoms with E-state index in [0.717, 1.165) is 19.3 Å². The van der Waals surface area contributed by atoms with Gasteiger partial charge in [-0.3, -0.25) is 4.79 Å². The van der Waals surface area contributed by atoms with Gasteiger partial charge in [0.2, 0.25) is 10.0 Å². The fourth-order valence-electron chi connectivity index (χ4n) is 3.07. The molecule has 1 aliphatic heterocycles. The summed E-state index contributed by atoms with van der Waals surface area (Å²) in [6.07, 6.45) is 4.24. The molecule has 1 atom stereocenters. The highest BCUT2D eigenvalue weighted by molar-refractivity contribution is 8.00. The van der Waals surface area contributed by atoms with E-state index < -0.39 is 10.0 Å². The number of hydrogen-bond acceptors (Lipinski definition) is 6. The van der Waals surface area contributed by atoms with Gasteiger partial charge in [0.15, 0.2) is 5.78 Å². The van der Waals surface area contributed by atoms with E-state index in [1.807, 2.05) is 6.92 Å². The zero-order chi connectivity index (χ0) is 20.1. The van der Waals surface area contributed by atoms with Crippen molar-refractivity contribution >= 4 is 27.6 Å². The Morgan fingerprint density at radius 3 is 2.36 bits per heavy atom. The maximum atomic E-state index is 12.7. The highest BCUT2D eigenvalue weighted by Gasteiger charge is 2.26. The van der Waals surface area contributed by atoms with Crippen LogP contribution in [-0.4, -0.2) is 48.9 Å². The van der Waals surface area contributed by atoms with Gasteiger partial charge in [-0.15, -0.1) is 0 Å². The van der Waals surface area contributed by atoms with Crippen LogP contribution in [0.4, 0.5) is 0 Å². The molecule has 0 saturated carbocycles. The normalized spacial score (nSPS) is 16.5. The Kier molecular flexibility index (Phi) is 6.74. The maximum Gasteiger partial charge on any atom is 0.244 e. The molecular formula is C20H24N2O4S2. The molecule has 28 heavy (non-hydrogen) atoms. The van der Waals surface area contributed by atoms with Gasteiger partial charge in [0, 0.05) is 24.8 Å². The number of benzene rings is 1. The van der Waals surface area contributed by atoms with Gasteiger partial charge in [0.25, 0.3) is 0 Å². The van der Waals surface area contributed by atoms with Crippen LogP contribution < -0.4 is 4.74 Å². The monoisotopic (exact) mass is 420 g/mol.